The smallest absolute Gasteiger partial charge is 0.159 e. The summed E-state index contributed by atoms with van der Waals surface area (Å²) >= 11 is 0. The van der Waals surface area contributed by atoms with Gasteiger partial charge in [0.15, 0.2) is 15.6 Å². The Labute approximate surface area is 118 Å². The third-order valence-corrected chi connectivity index (χ3v) is 6.06. The van der Waals surface area contributed by atoms with Crippen molar-refractivity contribution in [3.05, 3.63) is 48.0 Å². The van der Waals surface area contributed by atoms with Crippen LogP contribution in [-0.2, 0) is 26.0 Å². The minimum atomic E-state index is -3.19. The van der Waals surface area contributed by atoms with Crippen LogP contribution < -0.4 is 0 Å². The summed E-state index contributed by atoms with van der Waals surface area (Å²) < 4.78 is 29.9. The van der Waals surface area contributed by atoms with E-state index in [1.165, 1.54) is 12.2 Å². The lowest BCUT2D eigenvalue weighted by Crippen LogP contribution is -2.31. The molecule has 0 saturated carbocycles. The topological polar surface area (TPSA) is 60.4 Å². The van der Waals surface area contributed by atoms with E-state index in [1.54, 1.807) is 0 Å². The number of fused-ring (bicyclic) bond motifs is 1. The molecule has 1 aromatic rings. The largest absolute Gasteiger partial charge is 0.372 e. The molecule has 1 aromatic carbocycles. The molecule has 1 aliphatic heterocycles. The highest BCUT2D eigenvalue weighted by Gasteiger charge is 2.48. The van der Waals surface area contributed by atoms with E-state index in [1.807, 2.05) is 30.3 Å². The molecule has 0 amide bonds. The molecule has 20 heavy (non-hydrogen) atoms. The van der Waals surface area contributed by atoms with Gasteiger partial charge in [0.2, 0.25) is 0 Å². The van der Waals surface area contributed by atoms with Crippen molar-refractivity contribution in [3.63, 3.8) is 0 Å². The van der Waals surface area contributed by atoms with Crippen LogP contribution in [0.5, 0.6) is 0 Å². The molecule has 0 bridgehead atoms. The van der Waals surface area contributed by atoms with Crippen molar-refractivity contribution in [2.75, 3.05) is 5.75 Å². The molecule has 0 aromatic heterocycles. The number of sulfone groups is 1. The number of hydrogen-bond acceptors (Lipinski definition) is 4. The van der Waals surface area contributed by atoms with Crippen LogP contribution in [-0.4, -0.2) is 31.3 Å². The Kier molecular flexibility index (Phi) is 3.48. The van der Waals surface area contributed by atoms with Crippen molar-refractivity contribution in [2.45, 2.75) is 24.4 Å². The van der Waals surface area contributed by atoms with E-state index < -0.39 is 15.1 Å². The lowest BCUT2D eigenvalue weighted by molar-refractivity contribution is -0.117. The predicted molar refractivity (Wildman–Crippen MR) is 74.8 cm³/mol. The fraction of sp³-hybridized carbons (Fsp3) is 0.400. The Morgan fingerprint density at radius 1 is 1.20 bits per heavy atom. The molecule has 1 heterocycles. The maximum absolute atomic E-state index is 12.1. The van der Waals surface area contributed by atoms with Crippen molar-refractivity contribution in [1.82, 2.24) is 0 Å². The number of ether oxygens (including phenoxy) is 1. The molecule has 5 heteroatoms. The quantitative estimate of drug-likeness (QED) is 0.847. The first-order valence-corrected chi connectivity index (χ1v) is 8.36. The van der Waals surface area contributed by atoms with E-state index in [2.05, 4.69) is 0 Å². The monoisotopic (exact) mass is 292 g/mol. The van der Waals surface area contributed by atoms with Crippen LogP contribution in [0.2, 0.25) is 0 Å². The summed E-state index contributed by atoms with van der Waals surface area (Å²) in [6.07, 6.45) is 2.79. The van der Waals surface area contributed by atoms with Gasteiger partial charge < -0.3 is 4.74 Å². The second-order valence-corrected chi connectivity index (χ2v) is 7.53. The molecular formula is C15H16O4S. The number of benzene rings is 1. The number of allylic oxidation sites excluding steroid dienone is 1. The van der Waals surface area contributed by atoms with Gasteiger partial charge in [-0.2, -0.15) is 0 Å². The zero-order valence-corrected chi connectivity index (χ0v) is 11.8. The van der Waals surface area contributed by atoms with Gasteiger partial charge in [0.25, 0.3) is 0 Å². The van der Waals surface area contributed by atoms with Crippen LogP contribution in [0.1, 0.15) is 12.0 Å². The molecular weight excluding hydrogens is 276 g/mol. The van der Waals surface area contributed by atoms with Gasteiger partial charge in [-0.15, -0.1) is 0 Å². The highest BCUT2D eigenvalue weighted by atomic mass is 32.2. The Morgan fingerprint density at radius 3 is 2.70 bits per heavy atom. The summed E-state index contributed by atoms with van der Waals surface area (Å²) in [5.74, 6) is -0.245. The maximum Gasteiger partial charge on any atom is 0.159 e. The first-order valence-electron chi connectivity index (χ1n) is 6.64. The van der Waals surface area contributed by atoms with E-state index in [4.69, 9.17) is 4.74 Å². The minimum absolute atomic E-state index is 0.00673. The van der Waals surface area contributed by atoms with Gasteiger partial charge in [-0.3, -0.25) is 4.79 Å². The van der Waals surface area contributed by atoms with Gasteiger partial charge in [0.1, 0.15) is 0 Å². The number of carbonyl (C=O) groups excluding carboxylic acids is 1. The van der Waals surface area contributed by atoms with Gasteiger partial charge in [-0.05, 0) is 11.6 Å². The SMILES string of the molecule is O=C1C=C[C@@H]2[C@H](C1)[C@@H](OCc1ccccc1)CS2(=O)=O. The summed E-state index contributed by atoms with van der Waals surface area (Å²) in [5, 5.41) is -0.555. The molecule has 106 valence electrons. The van der Waals surface area contributed by atoms with E-state index in [9.17, 15) is 13.2 Å². The molecule has 1 fully saturated rings. The average Bonchev–Trinajstić information content (AvgIpc) is 2.68. The number of ketones is 1. The molecule has 0 unspecified atom stereocenters. The fourth-order valence-corrected chi connectivity index (χ4v) is 5.05. The highest BCUT2D eigenvalue weighted by Crippen LogP contribution is 2.36. The summed E-state index contributed by atoms with van der Waals surface area (Å²) in [6.45, 7) is 0.377. The van der Waals surface area contributed by atoms with Crippen molar-refractivity contribution in [2.24, 2.45) is 5.92 Å². The summed E-state index contributed by atoms with van der Waals surface area (Å²) in [7, 11) is -3.19. The zero-order valence-electron chi connectivity index (χ0n) is 10.9. The first-order chi connectivity index (χ1) is 9.56. The van der Waals surface area contributed by atoms with Gasteiger partial charge in [0.05, 0.1) is 23.7 Å². The van der Waals surface area contributed by atoms with Crippen LogP contribution >= 0.6 is 0 Å². The van der Waals surface area contributed by atoms with Crippen molar-refractivity contribution < 1.29 is 17.9 Å². The molecule has 3 rings (SSSR count). The number of hydrogen-bond donors (Lipinski definition) is 0. The molecule has 3 atom stereocenters. The van der Waals surface area contributed by atoms with Crippen LogP contribution in [0.3, 0.4) is 0 Å². The number of rotatable bonds is 3. The molecule has 1 aliphatic carbocycles. The van der Waals surface area contributed by atoms with Crippen molar-refractivity contribution in [3.8, 4) is 0 Å². The second-order valence-electron chi connectivity index (χ2n) is 5.32. The van der Waals surface area contributed by atoms with Crippen LogP contribution in [0.15, 0.2) is 42.5 Å². The second kappa shape index (κ2) is 5.14. The normalized spacial score (nSPS) is 31.2. The molecule has 0 N–H and O–H groups in total. The highest BCUT2D eigenvalue weighted by molar-refractivity contribution is 7.92. The molecule has 0 spiro atoms. The van der Waals surface area contributed by atoms with Crippen molar-refractivity contribution >= 4 is 15.6 Å². The predicted octanol–water partition coefficient (Wildman–Crippen LogP) is 1.51. The Hall–Kier alpha value is -1.46. The maximum atomic E-state index is 12.1. The van der Waals surface area contributed by atoms with Gasteiger partial charge in [-0.25, -0.2) is 8.42 Å². The van der Waals surface area contributed by atoms with E-state index in [0.29, 0.717) is 6.61 Å². The molecule has 2 aliphatic rings. The van der Waals surface area contributed by atoms with Gasteiger partial charge in [-0.1, -0.05) is 36.4 Å². The third-order valence-electron chi connectivity index (χ3n) is 3.93. The molecule has 1 saturated heterocycles. The zero-order chi connectivity index (χ0) is 14.2. The summed E-state index contributed by atoms with van der Waals surface area (Å²) in [5.41, 5.74) is 1.01. The van der Waals surface area contributed by atoms with Gasteiger partial charge in [0, 0.05) is 12.3 Å². The Morgan fingerprint density at radius 2 is 1.95 bits per heavy atom. The third kappa shape index (κ3) is 2.55. The van der Waals surface area contributed by atoms with Crippen molar-refractivity contribution in [1.29, 1.82) is 0 Å². The van der Waals surface area contributed by atoms with Crippen LogP contribution in [0.25, 0.3) is 0 Å². The fourth-order valence-electron chi connectivity index (χ4n) is 2.90. The van der Waals surface area contributed by atoms with E-state index in [-0.39, 0.29) is 30.0 Å². The minimum Gasteiger partial charge on any atom is -0.372 e. The standard InChI is InChI=1S/C15H16O4S/c16-12-6-7-15-13(8-12)14(10-20(15,17)18)19-9-11-4-2-1-3-5-11/h1-7,13-15H,8-10H2/t13-,14+,15-/m1/s1. The van der Waals surface area contributed by atoms with E-state index >= 15 is 0 Å². The van der Waals surface area contributed by atoms with Crippen LogP contribution in [0.4, 0.5) is 0 Å². The van der Waals surface area contributed by atoms with Gasteiger partial charge >= 0.3 is 0 Å². The van der Waals surface area contributed by atoms with Crippen LogP contribution in [0, 0.1) is 5.92 Å². The molecule has 0 radical (unpaired) electrons. The lowest BCUT2D eigenvalue weighted by atomic mass is 9.89. The summed E-state index contributed by atoms with van der Waals surface area (Å²) in [4.78, 5) is 11.5. The number of carbonyl (C=O) groups is 1. The van der Waals surface area contributed by atoms with E-state index in [0.717, 1.165) is 5.56 Å². The Balaban J connectivity index is 1.74. The average molecular weight is 292 g/mol. The first kappa shape index (κ1) is 13.5. The molecule has 4 nitrogen and oxygen atoms in total. The summed E-state index contributed by atoms with van der Waals surface area (Å²) in [6, 6.07) is 9.63. The lowest BCUT2D eigenvalue weighted by Gasteiger charge is -2.23. The Bertz CT molecular complexity index is 633.